The molecule has 5 nitrogen and oxygen atoms in total. The zero-order valence-corrected chi connectivity index (χ0v) is 16.1. The summed E-state index contributed by atoms with van der Waals surface area (Å²) in [5, 5.41) is 3.27. The highest BCUT2D eigenvalue weighted by molar-refractivity contribution is 5.87. The Kier molecular flexibility index (Phi) is 4.52. The maximum absolute atomic E-state index is 12.6. The van der Waals surface area contributed by atoms with E-state index in [0.29, 0.717) is 13.1 Å². The van der Waals surface area contributed by atoms with E-state index in [9.17, 15) is 4.79 Å². The van der Waals surface area contributed by atoms with Gasteiger partial charge in [-0.3, -0.25) is 9.79 Å². The summed E-state index contributed by atoms with van der Waals surface area (Å²) in [5.41, 5.74) is 2.89. The Morgan fingerprint density at radius 2 is 1.88 bits per heavy atom. The van der Waals surface area contributed by atoms with Gasteiger partial charge in [0.25, 0.3) is 0 Å². The fraction of sp³-hybridized carbons (Fsp3) is 0.600. The highest BCUT2D eigenvalue weighted by Crippen LogP contribution is 2.46. The predicted octanol–water partition coefficient (Wildman–Crippen LogP) is 2.27. The lowest BCUT2D eigenvalue weighted by Gasteiger charge is -2.62. The first-order chi connectivity index (χ1) is 11.8. The molecule has 136 valence electrons. The number of nitrogens with zero attached hydrogens (tertiary/aromatic N) is 3. The van der Waals surface area contributed by atoms with E-state index in [4.69, 9.17) is 0 Å². The minimum Gasteiger partial charge on any atom is -0.347 e. The van der Waals surface area contributed by atoms with E-state index in [1.165, 1.54) is 11.1 Å². The average molecular weight is 342 g/mol. The normalized spacial score (nSPS) is 21.4. The summed E-state index contributed by atoms with van der Waals surface area (Å²) in [5.74, 6) is 0.948. The number of hydrogen-bond donors (Lipinski definition) is 1. The average Bonchev–Trinajstić information content (AvgIpc) is 2.60. The Morgan fingerprint density at radius 1 is 1.20 bits per heavy atom. The summed E-state index contributed by atoms with van der Waals surface area (Å²) in [6.07, 6.45) is 0.935. The molecule has 0 spiro atoms. The van der Waals surface area contributed by atoms with Crippen LogP contribution in [0.25, 0.3) is 0 Å². The summed E-state index contributed by atoms with van der Waals surface area (Å²) in [6, 6.07) is 8.38. The van der Waals surface area contributed by atoms with Crippen LogP contribution in [-0.2, 0) is 17.8 Å². The molecule has 5 heteroatoms. The maximum Gasteiger partial charge on any atom is 0.242 e. The minimum atomic E-state index is 0.0297. The molecular weight excluding hydrogens is 312 g/mol. The molecule has 0 saturated carbocycles. The van der Waals surface area contributed by atoms with Crippen LogP contribution in [0.2, 0.25) is 0 Å². The molecule has 2 aliphatic heterocycles. The van der Waals surface area contributed by atoms with Gasteiger partial charge in [-0.25, -0.2) is 0 Å². The van der Waals surface area contributed by atoms with Crippen molar-refractivity contribution in [2.24, 2.45) is 10.4 Å². The summed E-state index contributed by atoms with van der Waals surface area (Å²) in [7, 11) is 1.78. The van der Waals surface area contributed by atoms with Crippen LogP contribution >= 0.6 is 0 Å². The smallest absolute Gasteiger partial charge is 0.242 e. The van der Waals surface area contributed by atoms with Crippen LogP contribution in [0.15, 0.2) is 29.3 Å². The molecule has 1 aromatic rings. The number of carbonyl (C=O) groups excluding carboxylic acids is 1. The Bertz CT molecular complexity index is 693. The van der Waals surface area contributed by atoms with Crippen LogP contribution in [0, 0.1) is 5.41 Å². The number of hydrogen-bond acceptors (Lipinski definition) is 2. The van der Waals surface area contributed by atoms with Gasteiger partial charge in [-0.2, -0.15) is 0 Å². The van der Waals surface area contributed by atoms with Crippen LogP contribution in [0.3, 0.4) is 0 Å². The molecule has 1 aromatic carbocycles. The fourth-order valence-electron chi connectivity index (χ4n) is 3.67. The lowest BCUT2D eigenvalue weighted by atomic mass is 9.65. The molecule has 3 rings (SSSR count). The third-order valence-corrected chi connectivity index (χ3v) is 6.23. The Balaban J connectivity index is 1.58. The van der Waals surface area contributed by atoms with Gasteiger partial charge < -0.3 is 15.1 Å². The molecule has 1 fully saturated rings. The first-order valence-corrected chi connectivity index (χ1v) is 9.09. The van der Waals surface area contributed by atoms with E-state index in [2.05, 4.69) is 61.1 Å². The van der Waals surface area contributed by atoms with E-state index in [-0.39, 0.29) is 16.9 Å². The number of amides is 1. The number of rotatable bonds is 2. The molecule has 0 bridgehead atoms. The van der Waals surface area contributed by atoms with Gasteiger partial charge in [0, 0.05) is 37.6 Å². The van der Waals surface area contributed by atoms with Crippen LogP contribution in [0.4, 0.5) is 0 Å². The van der Waals surface area contributed by atoms with Crippen molar-refractivity contribution in [2.75, 3.05) is 26.7 Å². The standard InChI is InChI=1S/C20H30N4O/c1-19(2)14-24(20(19,3)4)18(21-5)22-12-17(25)23-11-10-15-8-6-7-9-16(15)13-23/h6-9H,10-14H2,1-5H3,(H,21,22). The first-order valence-electron chi connectivity index (χ1n) is 9.09. The third kappa shape index (κ3) is 3.12. The summed E-state index contributed by atoms with van der Waals surface area (Å²) in [4.78, 5) is 21.2. The van der Waals surface area contributed by atoms with Crippen molar-refractivity contribution >= 4 is 11.9 Å². The van der Waals surface area contributed by atoms with Gasteiger partial charge in [-0.05, 0) is 31.4 Å². The van der Waals surface area contributed by atoms with E-state index >= 15 is 0 Å². The van der Waals surface area contributed by atoms with Gasteiger partial charge in [-0.15, -0.1) is 0 Å². The highest BCUT2D eigenvalue weighted by Gasteiger charge is 2.53. The van der Waals surface area contributed by atoms with Crippen LogP contribution in [0.1, 0.15) is 38.8 Å². The molecule has 0 radical (unpaired) electrons. The van der Waals surface area contributed by atoms with Crippen molar-refractivity contribution in [2.45, 2.75) is 46.2 Å². The van der Waals surface area contributed by atoms with Crippen molar-refractivity contribution in [3.8, 4) is 0 Å². The Labute approximate surface area is 151 Å². The second-order valence-corrected chi connectivity index (χ2v) is 8.26. The van der Waals surface area contributed by atoms with Crippen LogP contribution in [-0.4, -0.2) is 53.9 Å². The van der Waals surface area contributed by atoms with E-state index in [1.54, 1.807) is 7.05 Å². The van der Waals surface area contributed by atoms with Gasteiger partial charge in [0.1, 0.15) is 0 Å². The third-order valence-electron chi connectivity index (χ3n) is 6.23. The van der Waals surface area contributed by atoms with E-state index in [0.717, 1.165) is 25.5 Å². The van der Waals surface area contributed by atoms with Gasteiger partial charge in [0.05, 0.1) is 6.54 Å². The number of aliphatic imine (C=N–C) groups is 1. The SMILES string of the molecule is CN=C(NCC(=O)N1CCc2ccccc2C1)N1CC(C)(C)C1(C)C. The molecule has 0 aromatic heterocycles. The quantitative estimate of drug-likeness (QED) is 0.662. The zero-order chi connectivity index (χ0) is 18.2. The zero-order valence-electron chi connectivity index (χ0n) is 16.1. The highest BCUT2D eigenvalue weighted by atomic mass is 16.2. The fourth-order valence-corrected chi connectivity index (χ4v) is 3.67. The topological polar surface area (TPSA) is 47.9 Å². The molecule has 0 atom stereocenters. The largest absolute Gasteiger partial charge is 0.347 e. The minimum absolute atomic E-state index is 0.0297. The maximum atomic E-state index is 12.6. The molecule has 1 saturated heterocycles. The molecule has 1 amide bonds. The van der Waals surface area contributed by atoms with Crippen molar-refractivity contribution in [3.63, 3.8) is 0 Å². The Hall–Kier alpha value is -2.04. The monoisotopic (exact) mass is 342 g/mol. The molecule has 2 aliphatic rings. The van der Waals surface area contributed by atoms with Crippen molar-refractivity contribution < 1.29 is 4.79 Å². The van der Waals surface area contributed by atoms with E-state index < -0.39 is 0 Å². The molecule has 25 heavy (non-hydrogen) atoms. The molecule has 0 unspecified atom stereocenters. The lowest BCUT2D eigenvalue weighted by Crippen LogP contribution is -2.72. The van der Waals surface area contributed by atoms with Crippen LogP contribution in [0.5, 0.6) is 0 Å². The number of benzene rings is 1. The van der Waals surface area contributed by atoms with Crippen molar-refractivity contribution in [3.05, 3.63) is 35.4 Å². The molecular formula is C20H30N4O. The second kappa shape index (κ2) is 6.36. The first kappa shape index (κ1) is 17.8. The number of carbonyl (C=O) groups is 1. The molecule has 1 N–H and O–H groups in total. The van der Waals surface area contributed by atoms with E-state index in [1.807, 2.05) is 11.0 Å². The molecule has 0 aliphatic carbocycles. The number of nitrogens with one attached hydrogen (secondary N) is 1. The number of fused-ring (bicyclic) bond motifs is 1. The van der Waals surface area contributed by atoms with Gasteiger partial charge in [0.2, 0.25) is 5.91 Å². The summed E-state index contributed by atoms with van der Waals surface area (Å²) >= 11 is 0. The van der Waals surface area contributed by atoms with Crippen molar-refractivity contribution in [1.82, 2.24) is 15.1 Å². The van der Waals surface area contributed by atoms with Gasteiger partial charge in [0.15, 0.2) is 5.96 Å². The number of likely N-dealkylation sites (tertiary alicyclic amines) is 1. The van der Waals surface area contributed by atoms with Gasteiger partial charge >= 0.3 is 0 Å². The van der Waals surface area contributed by atoms with Crippen LogP contribution < -0.4 is 5.32 Å². The number of guanidine groups is 1. The van der Waals surface area contributed by atoms with Gasteiger partial charge in [-0.1, -0.05) is 38.1 Å². The van der Waals surface area contributed by atoms with Crippen molar-refractivity contribution in [1.29, 1.82) is 0 Å². The predicted molar refractivity (Wildman–Crippen MR) is 101 cm³/mol. The Morgan fingerprint density at radius 3 is 2.48 bits per heavy atom. The summed E-state index contributed by atoms with van der Waals surface area (Å²) in [6.45, 7) is 11.7. The lowest BCUT2D eigenvalue weighted by molar-refractivity contribution is -0.131. The second-order valence-electron chi connectivity index (χ2n) is 8.26. The summed E-state index contributed by atoms with van der Waals surface area (Å²) < 4.78 is 0. The molecule has 2 heterocycles.